The van der Waals surface area contributed by atoms with Gasteiger partial charge in [-0.15, -0.1) is 0 Å². The van der Waals surface area contributed by atoms with Crippen molar-refractivity contribution in [3.05, 3.63) is 59.9 Å². The van der Waals surface area contributed by atoms with Gasteiger partial charge in [0.15, 0.2) is 5.76 Å². The molecular weight excluding hydrogens is 266 g/mol. The molecule has 1 amide bonds. The maximum atomic E-state index is 12.2. The second-order valence-corrected chi connectivity index (χ2v) is 4.79. The third-order valence-electron chi connectivity index (χ3n) is 3.31. The van der Waals surface area contributed by atoms with E-state index in [4.69, 9.17) is 9.15 Å². The average Bonchev–Trinajstić information content (AvgIpc) is 2.94. The van der Waals surface area contributed by atoms with Crippen molar-refractivity contribution < 1.29 is 13.9 Å². The van der Waals surface area contributed by atoms with Gasteiger partial charge in [0.05, 0.1) is 7.11 Å². The molecule has 0 aliphatic heterocycles. The number of ether oxygens (including phenoxy) is 1. The van der Waals surface area contributed by atoms with Crippen LogP contribution in [0.2, 0.25) is 0 Å². The number of hydrogen-bond acceptors (Lipinski definition) is 3. The van der Waals surface area contributed by atoms with Crippen LogP contribution in [0.1, 0.15) is 16.1 Å². The van der Waals surface area contributed by atoms with E-state index >= 15 is 0 Å². The number of methoxy groups -OCH3 is 1. The topological polar surface area (TPSA) is 51.5 Å². The zero-order valence-corrected chi connectivity index (χ0v) is 11.8. The molecule has 4 heteroatoms. The van der Waals surface area contributed by atoms with Crippen LogP contribution < -0.4 is 10.1 Å². The highest BCUT2D eigenvalue weighted by molar-refractivity contribution is 6.04. The molecule has 0 atom stereocenters. The standard InChI is InChI=1S/C17H15NO3/c1-11-4-3-5-12-10-15(21-16(11)12)17(19)18-13-6-8-14(20-2)9-7-13/h3-10H,1-2H3,(H,18,19). The Bertz CT molecular complexity index is 787. The van der Waals surface area contributed by atoms with Crippen molar-refractivity contribution in [1.29, 1.82) is 0 Å². The van der Waals surface area contributed by atoms with E-state index in [9.17, 15) is 4.79 Å². The quantitative estimate of drug-likeness (QED) is 0.789. The molecular formula is C17H15NO3. The number of carbonyl (C=O) groups is 1. The van der Waals surface area contributed by atoms with Gasteiger partial charge in [-0.3, -0.25) is 4.79 Å². The van der Waals surface area contributed by atoms with Crippen molar-refractivity contribution >= 4 is 22.6 Å². The second-order valence-electron chi connectivity index (χ2n) is 4.79. The van der Waals surface area contributed by atoms with Crippen LogP contribution in [0.5, 0.6) is 5.75 Å². The molecule has 0 saturated heterocycles. The van der Waals surface area contributed by atoms with Gasteiger partial charge in [-0.05, 0) is 42.8 Å². The maximum Gasteiger partial charge on any atom is 0.291 e. The number of carbonyl (C=O) groups excluding carboxylic acids is 1. The fraction of sp³-hybridized carbons (Fsp3) is 0.118. The summed E-state index contributed by atoms with van der Waals surface area (Å²) in [7, 11) is 1.60. The van der Waals surface area contributed by atoms with E-state index in [1.807, 2.05) is 25.1 Å². The summed E-state index contributed by atoms with van der Waals surface area (Å²) in [5.41, 5.74) is 2.45. The van der Waals surface area contributed by atoms with Crippen LogP contribution in [0.15, 0.2) is 52.9 Å². The lowest BCUT2D eigenvalue weighted by Gasteiger charge is -2.04. The molecule has 0 aliphatic carbocycles. The van der Waals surface area contributed by atoms with Gasteiger partial charge in [-0.25, -0.2) is 0 Å². The van der Waals surface area contributed by atoms with Gasteiger partial charge in [0.1, 0.15) is 11.3 Å². The molecule has 0 saturated carbocycles. The van der Waals surface area contributed by atoms with Crippen molar-refractivity contribution in [2.24, 2.45) is 0 Å². The Labute approximate surface area is 122 Å². The van der Waals surface area contributed by atoms with Gasteiger partial charge in [-0.2, -0.15) is 0 Å². The highest BCUT2D eigenvalue weighted by Crippen LogP contribution is 2.23. The van der Waals surface area contributed by atoms with Crippen LogP contribution >= 0.6 is 0 Å². The summed E-state index contributed by atoms with van der Waals surface area (Å²) in [4.78, 5) is 12.2. The highest BCUT2D eigenvalue weighted by Gasteiger charge is 2.13. The minimum absolute atomic E-state index is 0.268. The molecule has 0 aliphatic rings. The largest absolute Gasteiger partial charge is 0.497 e. The fourth-order valence-corrected chi connectivity index (χ4v) is 2.19. The minimum Gasteiger partial charge on any atom is -0.497 e. The van der Waals surface area contributed by atoms with E-state index in [1.165, 1.54) is 0 Å². The number of anilines is 1. The first kappa shape index (κ1) is 13.2. The third kappa shape index (κ3) is 2.60. The van der Waals surface area contributed by atoms with Crippen LogP contribution in [0.25, 0.3) is 11.0 Å². The number of fused-ring (bicyclic) bond motifs is 1. The van der Waals surface area contributed by atoms with Crippen LogP contribution in [-0.2, 0) is 0 Å². The van der Waals surface area contributed by atoms with Crippen molar-refractivity contribution in [3.63, 3.8) is 0 Å². The number of furan rings is 1. The number of rotatable bonds is 3. The van der Waals surface area contributed by atoms with Crippen molar-refractivity contribution in [3.8, 4) is 5.75 Å². The van der Waals surface area contributed by atoms with Gasteiger partial charge < -0.3 is 14.5 Å². The molecule has 0 spiro atoms. The zero-order chi connectivity index (χ0) is 14.8. The molecule has 0 bridgehead atoms. The normalized spacial score (nSPS) is 10.6. The molecule has 0 unspecified atom stereocenters. The first-order valence-corrected chi connectivity index (χ1v) is 6.62. The van der Waals surface area contributed by atoms with Gasteiger partial charge >= 0.3 is 0 Å². The zero-order valence-electron chi connectivity index (χ0n) is 11.8. The molecule has 3 aromatic rings. The Morgan fingerprint density at radius 3 is 2.57 bits per heavy atom. The fourth-order valence-electron chi connectivity index (χ4n) is 2.19. The summed E-state index contributed by atoms with van der Waals surface area (Å²) in [6, 6.07) is 14.7. The lowest BCUT2D eigenvalue weighted by atomic mass is 10.2. The number of hydrogen-bond donors (Lipinski definition) is 1. The lowest BCUT2D eigenvalue weighted by molar-refractivity contribution is 0.0998. The maximum absolute atomic E-state index is 12.2. The van der Waals surface area contributed by atoms with Gasteiger partial charge in [-0.1, -0.05) is 18.2 Å². The Balaban J connectivity index is 1.84. The number of benzene rings is 2. The second kappa shape index (κ2) is 5.32. The summed E-state index contributed by atoms with van der Waals surface area (Å²) in [5, 5.41) is 3.73. The summed E-state index contributed by atoms with van der Waals surface area (Å²) in [6.07, 6.45) is 0. The first-order chi connectivity index (χ1) is 10.2. The summed E-state index contributed by atoms with van der Waals surface area (Å²) >= 11 is 0. The molecule has 4 nitrogen and oxygen atoms in total. The predicted octanol–water partition coefficient (Wildman–Crippen LogP) is 4.00. The highest BCUT2D eigenvalue weighted by atomic mass is 16.5. The molecule has 21 heavy (non-hydrogen) atoms. The van der Waals surface area contributed by atoms with E-state index in [0.717, 1.165) is 22.3 Å². The molecule has 0 fully saturated rings. The number of amides is 1. The van der Waals surface area contributed by atoms with E-state index in [1.54, 1.807) is 37.4 Å². The Kier molecular flexibility index (Phi) is 3.36. The van der Waals surface area contributed by atoms with E-state index < -0.39 is 0 Å². The summed E-state index contributed by atoms with van der Waals surface area (Å²) < 4.78 is 10.7. The average molecular weight is 281 g/mol. The first-order valence-electron chi connectivity index (χ1n) is 6.62. The number of nitrogens with one attached hydrogen (secondary N) is 1. The Morgan fingerprint density at radius 2 is 1.90 bits per heavy atom. The number of aryl methyl sites for hydroxylation is 1. The molecule has 1 aromatic heterocycles. The smallest absolute Gasteiger partial charge is 0.291 e. The van der Waals surface area contributed by atoms with Crippen LogP contribution in [0.3, 0.4) is 0 Å². The van der Waals surface area contributed by atoms with Crippen molar-refractivity contribution in [1.82, 2.24) is 0 Å². The molecule has 1 heterocycles. The SMILES string of the molecule is COc1ccc(NC(=O)c2cc3cccc(C)c3o2)cc1. The monoisotopic (exact) mass is 281 g/mol. The van der Waals surface area contributed by atoms with Gasteiger partial charge in [0, 0.05) is 11.1 Å². The number of para-hydroxylation sites is 1. The summed E-state index contributed by atoms with van der Waals surface area (Å²) in [6.45, 7) is 1.96. The van der Waals surface area contributed by atoms with Gasteiger partial charge in [0.2, 0.25) is 0 Å². The Morgan fingerprint density at radius 1 is 1.14 bits per heavy atom. The molecule has 0 radical (unpaired) electrons. The molecule has 3 rings (SSSR count). The molecule has 1 N–H and O–H groups in total. The third-order valence-corrected chi connectivity index (χ3v) is 3.31. The Hall–Kier alpha value is -2.75. The van der Waals surface area contributed by atoms with Crippen LogP contribution in [0, 0.1) is 6.92 Å². The van der Waals surface area contributed by atoms with Crippen molar-refractivity contribution in [2.75, 3.05) is 12.4 Å². The molecule has 106 valence electrons. The van der Waals surface area contributed by atoms with E-state index in [2.05, 4.69) is 5.32 Å². The van der Waals surface area contributed by atoms with Crippen molar-refractivity contribution in [2.45, 2.75) is 6.92 Å². The lowest BCUT2D eigenvalue weighted by Crippen LogP contribution is -2.10. The van der Waals surface area contributed by atoms with E-state index in [0.29, 0.717) is 11.4 Å². The van der Waals surface area contributed by atoms with Gasteiger partial charge in [0.25, 0.3) is 5.91 Å². The predicted molar refractivity (Wildman–Crippen MR) is 81.9 cm³/mol. The van der Waals surface area contributed by atoms with Crippen LogP contribution in [-0.4, -0.2) is 13.0 Å². The minimum atomic E-state index is -0.268. The summed E-state index contributed by atoms with van der Waals surface area (Å²) in [5.74, 6) is 0.776. The molecule has 2 aromatic carbocycles. The van der Waals surface area contributed by atoms with E-state index in [-0.39, 0.29) is 5.91 Å². The van der Waals surface area contributed by atoms with Crippen LogP contribution in [0.4, 0.5) is 5.69 Å².